The highest BCUT2D eigenvalue weighted by Crippen LogP contribution is 2.43. The fourth-order valence-electron chi connectivity index (χ4n) is 3.41. The van der Waals surface area contributed by atoms with E-state index < -0.39 is 5.54 Å². The van der Waals surface area contributed by atoms with Gasteiger partial charge in [0.15, 0.2) is 0 Å². The van der Waals surface area contributed by atoms with Gasteiger partial charge < -0.3 is 15.0 Å². The Morgan fingerprint density at radius 2 is 2.11 bits per heavy atom. The van der Waals surface area contributed by atoms with Crippen molar-refractivity contribution in [2.45, 2.75) is 57.2 Å². The van der Waals surface area contributed by atoms with Crippen LogP contribution in [-0.4, -0.2) is 47.6 Å². The Hall–Kier alpha value is -1.10. The lowest BCUT2D eigenvalue weighted by atomic mass is 9.87. The molecule has 1 saturated carbocycles. The maximum atomic E-state index is 12.9. The number of ether oxygens (including phenoxy) is 1. The number of hydrogen-bond acceptors (Lipinski definition) is 3. The molecule has 19 heavy (non-hydrogen) atoms. The first kappa shape index (κ1) is 12.9. The van der Waals surface area contributed by atoms with Crippen molar-refractivity contribution in [1.82, 2.24) is 10.2 Å². The van der Waals surface area contributed by atoms with Gasteiger partial charge in [-0.3, -0.25) is 9.59 Å². The SMILES string of the molecule is CCC1C(=O)NC(C)(C2CC2)C(=O)N1C1CCOC1. The molecule has 3 unspecified atom stereocenters. The molecule has 0 aromatic heterocycles. The van der Waals surface area contributed by atoms with E-state index in [1.807, 2.05) is 18.7 Å². The number of piperazine rings is 1. The highest BCUT2D eigenvalue weighted by Gasteiger charge is 2.56. The first-order chi connectivity index (χ1) is 9.08. The van der Waals surface area contributed by atoms with Gasteiger partial charge in [0.25, 0.3) is 0 Å². The van der Waals surface area contributed by atoms with Crippen LogP contribution >= 0.6 is 0 Å². The Morgan fingerprint density at radius 1 is 1.37 bits per heavy atom. The average Bonchev–Trinajstić information content (AvgIpc) is 3.11. The van der Waals surface area contributed by atoms with Crippen LogP contribution < -0.4 is 5.32 Å². The van der Waals surface area contributed by atoms with E-state index in [2.05, 4.69) is 5.32 Å². The quantitative estimate of drug-likeness (QED) is 0.817. The van der Waals surface area contributed by atoms with Crippen molar-refractivity contribution in [3.05, 3.63) is 0 Å². The highest BCUT2D eigenvalue weighted by atomic mass is 16.5. The largest absolute Gasteiger partial charge is 0.379 e. The van der Waals surface area contributed by atoms with Crippen molar-refractivity contribution in [3.63, 3.8) is 0 Å². The van der Waals surface area contributed by atoms with Gasteiger partial charge in [-0.25, -0.2) is 0 Å². The van der Waals surface area contributed by atoms with Crippen molar-refractivity contribution < 1.29 is 14.3 Å². The molecule has 3 aliphatic rings. The van der Waals surface area contributed by atoms with Crippen LogP contribution in [0, 0.1) is 5.92 Å². The van der Waals surface area contributed by atoms with Crippen LogP contribution in [0.1, 0.15) is 39.5 Å². The van der Waals surface area contributed by atoms with Gasteiger partial charge in [0.1, 0.15) is 11.6 Å². The lowest BCUT2D eigenvalue weighted by molar-refractivity contribution is -0.158. The molecule has 2 amide bonds. The molecule has 3 rings (SSSR count). The lowest BCUT2D eigenvalue weighted by Crippen LogP contribution is -2.71. The van der Waals surface area contributed by atoms with E-state index in [1.165, 1.54) is 0 Å². The Balaban J connectivity index is 1.91. The molecule has 3 fully saturated rings. The maximum Gasteiger partial charge on any atom is 0.249 e. The van der Waals surface area contributed by atoms with Crippen molar-refractivity contribution in [2.75, 3.05) is 13.2 Å². The molecule has 2 saturated heterocycles. The normalized spacial score (nSPS) is 39.6. The zero-order valence-corrected chi connectivity index (χ0v) is 11.6. The standard InChI is InChI=1S/C14H22N2O3/c1-3-11-12(17)15-14(2,9-4-5-9)13(18)16(11)10-6-7-19-8-10/h9-11H,3-8H2,1-2H3,(H,15,17). The van der Waals surface area contributed by atoms with E-state index in [0.29, 0.717) is 25.6 Å². The number of nitrogens with one attached hydrogen (secondary N) is 1. The van der Waals surface area contributed by atoms with Gasteiger partial charge in [-0.15, -0.1) is 0 Å². The van der Waals surface area contributed by atoms with Crippen LogP contribution in [0.2, 0.25) is 0 Å². The summed E-state index contributed by atoms with van der Waals surface area (Å²) in [7, 11) is 0. The smallest absolute Gasteiger partial charge is 0.249 e. The Labute approximate surface area is 113 Å². The molecular formula is C14H22N2O3. The molecule has 0 bridgehead atoms. The minimum Gasteiger partial charge on any atom is -0.379 e. The van der Waals surface area contributed by atoms with Crippen molar-refractivity contribution in [1.29, 1.82) is 0 Å². The van der Waals surface area contributed by atoms with Crippen LogP contribution in [0.25, 0.3) is 0 Å². The van der Waals surface area contributed by atoms with Crippen molar-refractivity contribution >= 4 is 11.8 Å². The molecule has 3 atom stereocenters. The summed E-state index contributed by atoms with van der Waals surface area (Å²) in [4.78, 5) is 27.0. The predicted molar refractivity (Wildman–Crippen MR) is 69.4 cm³/mol. The molecule has 5 nitrogen and oxygen atoms in total. The van der Waals surface area contributed by atoms with Crippen LogP contribution in [-0.2, 0) is 14.3 Å². The highest BCUT2D eigenvalue weighted by molar-refractivity contribution is 6.00. The van der Waals surface area contributed by atoms with Crippen LogP contribution in [0.4, 0.5) is 0 Å². The predicted octanol–water partition coefficient (Wildman–Crippen LogP) is 0.681. The minimum atomic E-state index is -0.689. The van der Waals surface area contributed by atoms with Gasteiger partial charge in [-0.1, -0.05) is 6.92 Å². The van der Waals surface area contributed by atoms with E-state index in [-0.39, 0.29) is 23.9 Å². The lowest BCUT2D eigenvalue weighted by Gasteiger charge is -2.46. The van der Waals surface area contributed by atoms with Crippen LogP contribution in [0.5, 0.6) is 0 Å². The molecular weight excluding hydrogens is 244 g/mol. The zero-order valence-electron chi connectivity index (χ0n) is 11.6. The van der Waals surface area contributed by atoms with Gasteiger partial charge in [0.2, 0.25) is 11.8 Å². The van der Waals surface area contributed by atoms with E-state index in [9.17, 15) is 9.59 Å². The third-order valence-corrected chi connectivity index (χ3v) is 4.78. The fraction of sp³-hybridized carbons (Fsp3) is 0.857. The fourth-order valence-corrected chi connectivity index (χ4v) is 3.41. The van der Waals surface area contributed by atoms with Crippen LogP contribution in [0.3, 0.4) is 0 Å². The Kier molecular flexibility index (Phi) is 3.04. The van der Waals surface area contributed by atoms with Gasteiger partial charge in [-0.05, 0) is 38.5 Å². The van der Waals surface area contributed by atoms with E-state index in [0.717, 1.165) is 19.3 Å². The Morgan fingerprint density at radius 3 is 2.63 bits per heavy atom. The number of nitrogens with zero attached hydrogens (tertiary/aromatic N) is 1. The second-order valence-electron chi connectivity index (χ2n) is 6.12. The number of hydrogen-bond donors (Lipinski definition) is 1. The first-order valence-corrected chi connectivity index (χ1v) is 7.30. The number of carbonyl (C=O) groups is 2. The molecule has 0 aromatic rings. The summed E-state index contributed by atoms with van der Waals surface area (Å²) in [5.74, 6) is 0.409. The summed E-state index contributed by atoms with van der Waals surface area (Å²) in [6.45, 7) is 5.10. The molecule has 1 N–H and O–H groups in total. The van der Waals surface area contributed by atoms with Gasteiger partial charge in [-0.2, -0.15) is 0 Å². The number of rotatable bonds is 3. The Bertz CT molecular complexity index is 401. The molecule has 0 spiro atoms. The molecule has 0 aromatic carbocycles. The monoisotopic (exact) mass is 266 g/mol. The maximum absolute atomic E-state index is 12.9. The average molecular weight is 266 g/mol. The summed E-state index contributed by atoms with van der Waals surface area (Å²) in [6.07, 6.45) is 3.58. The second kappa shape index (κ2) is 4.47. The summed E-state index contributed by atoms with van der Waals surface area (Å²) in [5.41, 5.74) is -0.689. The molecule has 1 aliphatic carbocycles. The zero-order chi connectivity index (χ0) is 13.6. The number of amides is 2. The first-order valence-electron chi connectivity index (χ1n) is 7.30. The molecule has 106 valence electrons. The summed E-state index contributed by atoms with van der Waals surface area (Å²) < 4.78 is 5.41. The van der Waals surface area contributed by atoms with Gasteiger partial charge in [0, 0.05) is 6.61 Å². The molecule has 5 heteroatoms. The van der Waals surface area contributed by atoms with Gasteiger partial charge >= 0.3 is 0 Å². The molecule has 0 radical (unpaired) electrons. The summed E-state index contributed by atoms with van der Waals surface area (Å²) in [5, 5.41) is 2.99. The minimum absolute atomic E-state index is 0.00315. The number of carbonyl (C=O) groups excluding carboxylic acids is 2. The topological polar surface area (TPSA) is 58.6 Å². The molecule has 2 heterocycles. The van der Waals surface area contributed by atoms with Crippen LogP contribution in [0.15, 0.2) is 0 Å². The molecule has 2 aliphatic heterocycles. The summed E-state index contributed by atoms with van der Waals surface area (Å²) in [6, 6.07) is -0.257. The second-order valence-corrected chi connectivity index (χ2v) is 6.12. The van der Waals surface area contributed by atoms with E-state index in [4.69, 9.17) is 4.74 Å². The van der Waals surface area contributed by atoms with E-state index in [1.54, 1.807) is 0 Å². The summed E-state index contributed by atoms with van der Waals surface area (Å²) >= 11 is 0. The van der Waals surface area contributed by atoms with E-state index >= 15 is 0 Å². The van der Waals surface area contributed by atoms with Crippen molar-refractivity contribution in [2.24, 2.45) is 5.92 Å². The van der Waals surface area contributed by atoms with Gasteiger partial charge in [0.05, 0.1) is 12.6 Å². The third-order valence-electron chi connectivity index (χ3n) is 4.78. The third kappa shape index (κ3) is 1.95. The van der Waals surface area contributed by atoms with Crippen molar-refractivity contribution in [3.8, 4) is 0 Å².